The fourth-order valence-electron chi connectivity index (χ4n) is 0.340. The summed E-state index contributed by atoms with van der Waals surface area (Å²) in [5.41, 5.74) is 5.35. The number of hydrogen-bond acceptors (Lipinski definition) is 1. The van der Waals surface area contributed by atoms with Crippen LogP contribution in [0.3, 0.4) is 0 Å². The molecule has 0 aromatic rings. The zero-order valence-electron chi connectivity index (χ0n) is 9.33. The van der Waals surface area contributed by atoms with E-state index in [4.69, 9.17) is 5.73 Å². The topological polar surface area (TPSA) is 26.0 Å². The molecule has 0 spiro atoms. The van der Waals surface area contributed by atoms with Gasteiger partial charge in [0, 0.05) is 5.54 Å². The molecule has 0 heterocycles. The van der Waals surface area contributed by atoms with Crippen LogP contribution in [0.4, 0.5) is 0 Å². The Labute approximate surface area is 116 Å². The minimum atomic E-state index is 0. The van der Waals surface area contributed by atoms with Gasteiger partial charge in [-0.2, -0.15) is 6.08 Å². The van der Waals surface area contributed by atoms with Gasteiger partial charge >= 0.3 is 21.7 Å². The van der Waals surface area contributed by atoms with Gasteiger partial charge in [-0.3, -0.25) is 6.08 Å². The van der Waals surface area contributed by atoms with Gasteiger partial charge in [-0.1, -0.05) is 0 Å². The Kier molecular flexibility index (Phi) is 33.9. The molecule has 0 bridgehead atoms. The van der Waals surface area contributed by atoms with Crippen LogP contribution in [0.25, 0.3) is 0 Å². The van der Waals surface area contributed by atoms with Crippen LogP contribution in [0, 0.1) is 13.5 Å². The molecule has 0 saturated carbocycles. The van der Waals surface area contributed by atoms with E-state index in [0.717, 1.165) is 6.42 Å². The molecule has 0 radical (unpaired) electrons. The average Bonchev–Trinajstić information content (AvgIpc) is 2.07. The molecule has 0 aromatic heterocycles. The first-order valence-corrected chi connectivity index (χ1v) is 3.51. The summed E-state index contributed by atoms with van der Waals surface area (Å²) in [4.78, 5) is 0. The molecule has 0 aromatic carbocycles. The molecule has 0 amide bonds. The van der Waals surface area contributed by atoms with Crippen molar-refractivity contribution < 1.29 is 21.7 Å². The third kappa shape index (κ3) is 53.3. The summed E-state index contributed by atoms with van der Waals surface area (Å²) in [6.07, 6.45) is 10.0. The monoisotopic (exact) mass is 273 g/mol. The van der Waals surface area contributed by atoms with Crippen molar-refractivity contribution in [2.75, 3.05) is 0 Å². The Morgan fingerprint density at radius 3 is 1.64 bits per heavy atom. The Morgan fingerprint density at radius 2 is 1.57 bits per heavy atom. The Bertz CT molecular complexity index is 124. The molecule has 0 fully saturated rings. The van der Waals surface area contributed by atoms with Crippen molar-refractivity contribution in [3.05, 3.63) is 31.7 Å². The van der Waals surface area contributed by atoms with E-state index in [2.05, 4.69) is 12.2 Å². The third-order valence-electron chi connectivity index (χ3n) is 0.586. The fourth-order valence-corrected chi connectivity index (χ4v) is 0.340. The number of halogens is 2. The van der Waals surface area contributed by atoms with Crippen LogP contribution in [0.15, 0.2) is 18.2 Å². The minimum Gasteiger partial charge on any atom is -0.358 e. The van der Waals surface area contributed by atoms with Crippen molar-refractivity contribution in [2.24, 2.45) is 5.73 Å². The molecule has 0 aliphatic heterocycles. The summed E-state index contributed by atoms with van der Waals surface area (Å²) in [5, 5.41) is 0. The van der Waals surface area contributed by atoms with Crippen molar-refractivity contribution in [1.29, 1.82) is 0 Å². The third-order valence-corrected chi connectivity index (χ3v) is 0.586. The predicted octanol–water partition coefficient (Wildman–Crippen LogP) is 3.34. The normalized spacial score (nSPS) is 10.6. The zero-order valence-corrected chi connectivity index (χ0v) is 12.5. The van der Waals surface area contributed by atoms with Crippen LogP contribution in [0.1, 0.15) is 27.2 Å². The quantitative estimate of drug-likeness (QED) is 0.532. The summed E-state index contributed by atoms with van der Waals surface area (Å²) in [7, 11) is 0. The van der Waals surface area contributed by atoms with Gasteiger partial charge in [-0.25, -0.2) is 12.2 Å². The van der Waals surface area contributed by atoms with E-state index >= 15 is 0 Å². The maximum atomic E-state index is 5.35. The first-order valence-electron chi connectivity index (χ1n) is 3.51. The van der Waals surface area contributed by atoms with E-state index in [9.17, 15) is 0 Å². The fraction of sp³-hybridized carbons (Fsp3) is 0.500. The van der Waals surface area contributed by atoms with Gasteiger partial charge < -0.3 is 13.2 Å². The molecule has 1 aliphatic rings. The second kappa shape index (κ2) is 16.2. The first kappa shape index (κ1) is 29.3. The number of allylic oxidation sites excluding steroid dienone is 4. The number of hydrogen-bond donors (Lipinski definition) is 1. The van der Waals surface area contributed by atoms with E-state index < -0.39 is 0 Å². The van der Waals surface area contributed by atoms with Gasteiger partial charge in [0.1, 0.15) is 0 Å². The van der Waals surface area contributed by atoms with Crippen molar-refractivity contribution in [2.45, 2.75) is 32.7 Å². The van der Waals surface area contributed by atoms with Crippen molar-refractivity contribution in [3.8, 4) is 0 Å². The smallest absolute Gasteiger partial charge is 0.358 e. The van der Waals surface area contributed by atoms with Crippen LogP contribution in [-0.4, -0.2) is 5.54 Å². The molecule has 0 saturated heterocycles. The number of rotatable bonds is 0. The van der Waals surface area contributed by atoms with Crippen LogP contribution < -0.4 is 5.73 Å². The molecule has 84 valence electrons. The summed E-state index contributed by atoms with van der Waals surface area (Å²) >= 11 is 0. The van der Waals surface area contributed by atoms with Crippen molar-refractivity contribution in [3.63, 3.8) is 0 Å². The molecule has 1 aliphatic carbocycles. The summed E-state index contributed by atoms with van der Waals surface area (Å²) in [5.74, 6) is 0. The molecule has 1 nitrogen and oxygen atoms in total. The largest absolute Gasteiger partial charge is 2.00 e. The zero-order chi connectivity index (χ0) is 8.04. The molecule has 0 atom stereocenters. The van der Waals surface area contributed by atoms with Gasteiger partial charge in [0.25, 0.3) is 0 Å². The first-order chi connectivity index (χ1) is 4.50. The second-order valence-corrected chi connectivity index (χ2v) is 3.37. The Hall–Kier alpha value is 0.734. The summed E-state index contributed by atoms with van der Waals surface area (Å²) in [6.45, 7) is 5.90. The van der Waals surface area contributed by atoms with E-state index in [-0.39, 0.29) is 59.5 Å². The maximum absolute atomic E-state index is 5.35. The molecule has 0 unspecified atom stereocenters. The van der Waals surface area contributed by atoms with Gasteiger partial charge in [0.05, 0.1) is 0 Å². The molecule has 14 heavy (non-hydrogen) atoms. The molecular weight excluding hydrogens is 253 g/mol. The SMILES string of the molecule is CC(C)(C)N.Cl.Cl.[C-]1=CC=CC1.[CH3-].[Ti+2]. The maximum Gasteiger partial charge on any atom is 2.00 e. The predicted molar refractivity (Wildman–Crippen MR) is 66.4 cm³/mol. The van der Waals surface area contributed by atoms with Crippen molar-refractivity contribution in [1.82, 2.24) is 0 Å². The number of nitrogens with two attached hydrogens (primary N) is 1. The second-order valence-electron chi connectivity index (χ2n) is 3.37. The van der Waals surface area contributed by atoms with E-state index in [1.807, 2.05) is 32.9 Å². The van der Waals surface area contributed by atoms with Gasteiger partial charge in [-0.05, 0) is 20.8 Å². The van der Waals surface area contributed by atoms with E-state index in [1.54, 1.807) is 0 Å². The Morgan fingerprint density at radius 1 is 1.21 bits per heavy atom. The average molecular weight is 274 g/mol. The van der Waals surface area contributed by atoms with Gasteiger partial charge in [-0.15, -0.1) is 31.2 Å². The van der Waals surface area contributed by atoms with E-state index in [0.29, 0.717) is 0 Å². The van der Waals surface area contributed by atoms with Crippen LogP contribution in [-0.2, 0) is 21.7 Å². The van der Waals surface area contributed by atoms with E-state index in [1.165, 1.54) is 0 Å². The Balaban J connectivity index is -0.0000000300. The van der Waals surface area contributed by atoms with Gasteiger partial charge in [0.2, 0.25) is 0 Å². The molecule has 2 N–H and O–H groups in total. The molecule has 4 heteroatoms. The summed E-state index contributed by atoms with van der Waals surface area (Å²) < 4.78 is 0. The van der Waals surface area contributed by atoms with Crippen LogP contribution in [0.2, 0.25) is 0 Å². The molecule has 1 rings (SSSR count). The van der Waals surface area contributed by atoms with Crippen molar-refractivity contribution >= 4 is 24.8 Å². The standard InChI is InChI=1S/C5H5.C4H11N.CH3.2ClH.Ti/c1-2-4-5-3-1;1-4(2,3)5;;;;/h1-3H,4H2;5H2,1-3H3;1H3;2*1H;/q-1;;-1;;;+2. The van der Waals surface area contributed by atoms with Crippen LogP contribution in [0.5, 0.6) is 0 Å². The molecular formula is C10H21Cl2NTi. The summed E-state index contributed by atoms with van der Waals surface area (Å²) in [6, 6.07) is 0. The minimum absolute atomic E-state index is 0. The van der Waals surface area contributed by atoms with Crippen LogP contribution >= 0.6 is 24.8 Å². The van der Waals surface area contributed by atoms with Gasteiger partial charge in [0.15, 0.2) is 0 Å².